The number of nitro groups is 1. The van der Waals surface area contributed by atoms with Gasteiger partial charge in [-0.2, -0.15) is 0 Å². The molecule has 3 rings (SSSR count). The molecule has 1 fully saturated rings. The van der Waals surface area contributed by atoms with Gasteiger partial charge in [0, 0.05) is 23.9 Å². The van der Waals surface area contributed by atoms with Gasteiger partial charge in [0.15, 0.2) is 5.75 Å². The molecule has 2 N–H and O–H groups in total. The van der Waals surface area contributed by atoms with Crippen LogP contribution in [0.15, 0.2) is 42.6 Å². The van der Waals surface area contributed by atoms with Gasteiger partial charge >= 0.3 is 5.69 Å². The van der Waals surface area contributed by atoms with Gasteiger partial charge in [0.05, 0.1) is 17.2 Å². The number of nitro benzene ring substituents is 1. The Labute approximate surface area is 157 Å². The summed E-state index contributed by atoms with van der Waals surface area (Å²) in [5.74, 6) is -0.774. The van der Waals surface area contributed by atoms with E-state index < -0.39 is 16.4 Å². The van der Waals surface area contributed by atoms with Gasteiger partial charge in [-0.25, -0.2) is 0 Å². The van der Waals surface area contributed by atoms with E-state index in [0.29, 0.717) is 6.54 Å². The van der Waals surface area contributed by atoms with Gasteiger partial charge in [-0.15, -0.1) is 0 Å². The Morgan fingerprint density at radius 3 is 2.85 bits per heavy atom. The summed E-state index contributed by atoms with van der Waals surface area (Å²) in [5, 5.41) is 24.1. The van der Waals surface area contributed by atoms with Crippen molar-refractivity contribution >= 4 is 11.6 Å². The lowest BCUT2D eigenvalue weighted by molar-refractivity contribution is -0.385. The molecule has 2 aromatic rings. The monoisotopic (exact) mass is 370 g/mol. The smallest absolute Gasteiger partial charge is 0.310 e. The van der Waals surface area contributed by atoms with E-state index in [1.165, 1.54) is 12.1 Å². The number of carbonyl (C=O) groups is 1. The van der Waals surface area contributed by atoms with Crippen LogP contribution in [0.1, 0.15) is 35.3 Å². The number of carbonyl (C=O) groups excluding carboxylic acids is 1. The number of phenols is 1. The molecule has 27 heavy (non-hydrogen) atoms. The Morgan fingerprint density at radius 2 is 2.15 bits per heavy atom. The number of nitrogens with zero attached hydrogens (tertiary/aromatic N) is 3. The topological polar surface area (TPSA) is 109 Å². The molecule has 1 saturated heterocycles. The molecule has 0 aliphatic carbocycles. The number of aromatic hydroxyl groups is 1. The zero-order valence-electron chi connectivity index (χ0n) is 14.9. The van der Waals surface area contributed by atoms with Gasteiger partial charge in [0.1, 0.15) is 0 Å². The Bertz CT molecular complexity index is 805. The Balaban J connectivity index is 1.89. The van der Waals surface area contributed by atoms with Crippen molar-refractivity contribution in [3.63, 3.8) is 0 Å². The SMILES string of the molecule is O=C(c1ccc([N+](=O)[O-])c(O)c1)N(Cc1ccccn1)C1CCCNCC1. The Hall–Kier alpha value is -3.00. The van der Waals surface area contributed by atoms with Crippen LogP contribution >= 0.6 is 0 Å². The molecule has 8 heteroatoms. The summed E-state index contributed by atoms with van der Waals surface area (Å²) in [4.78, 5) is 29.5. The van der Waals surface area contributed by atoms with Crippen molar-refractivity contribution in [1.82, 2.24) is 15.2 Å². The summed E-state index contributed by atoms with van der Waals surface area (Å²) < 4.78 is 0. The average molecular weight is 370 g/mol. The summed E-state index contributed by atoms with van der Waals surface area (Å²) in [6.45, 7) is 2.09. The first-order valence-electron chi connectivity index (χ1n) is 8.95. The van der Waals surface area contributed by atoms with E-state index in [9.17, 15) is 20.0 Å². The molecule has 2 heterocycles. The molecule has 1 aliphatic heterocycles. The fourth-order valence-electron chi connectivity index (χ4n) is 3.32. The molecule has 0 saturated carbocycles. The fraction of sp³-hybridized carbons (Fsp3) is 0.368. The van der Waals surface area contributed by atoms with Gasteiger partial charge in [-0.1, -0.05) is 6.07 Å². The van der Waals surface area contributed by atoms with E-state index in [4.69, 9.17) is 0 Å². The number of phenolic OH excluding ortho intramolecular Hbond substituents is 1. The van der Waals surface area contributed by atoms with E-state index in [1.807, 2.05) is 18.2 Å². The number of aromatic nitrogens is 1. The minimum absolute atomic E-state index is 0.0341. The highest BCUT2D eigenvalue weighted by Crippen LogP contribution is 2.28. The van der Waals surface area contributed by atoms with Crippen molar-refractivity contribution in [2.24, 2.45) is 0 Å². The highest BCUT2D eigenvalue weighted by Gasteiger charge is 2.27. The second kappa shape index (κ2) is 8.59. The van der Waals surface area contributed by atoms with E-state index in [0.717, 1.165) is 44.1 Å². The molecule has 1 unspecified atom stereocenters. The minimum Gasteiger partial charge on any atom is -0.502 e. The molecule has 0 spiro atoms. The van der Waals surface area contributed by atoms with Crippen molar-refractivity contribution in [3.05, 3.63) is 64.0 Å². The summed E-state index contributed by atoms with van der Waals surface area (Å²) in [6.07, 6.45) is 4.33. The minimum atomic E-state index is -0.674. The molecule has 1 aromatic carbocycles. The Morgan fingerprint density at radius 1 is 1.30 bits per heavy atom. The van der Waals surface area contributed by atoms with E-state index in [2.05, 4.69) is 10.3 Å². The number of hydrogen-bond donors (Lipinski definition) is 2. The molecular formula is C19H22N4O4. The maximum absolute atomic E-state index is 13.2. The normalized spacial score (nSPS) is 17.1. The van der Waals surface area contributed by atoms with Crippen molar-refractivity contribution in [2.75, 3.05) is 13.1 Å². The summed E-state index contributed by atoms with van der Waals surface area (Å²) in [6, 6.07) is 9.31. The average Bonchev–Trinajstić information content (AvgIpc) is 2.95. The number of hydrogen-bond acceptors (Lipinski definition) is 6. The summed E-state index contributed by atoms with van der Waals surface area (Å²) in [7, 11) is 0. The van der Waals surface area contributed by atoms with Crippen LogP contribution in [0.4, 0.5) is 5.69 Å². The van der Waals surface area contributed by atoms with Crippen LogP contribution in [0.25, 0.3) is 0 Å². The second-order valence-electron chi connectivity index (χ2n) is 6.55. The van der Waals surface area contributed by atoms with Crippen molar-refractivity contribution in [1.29, 1.82) is 0 Å². The number of nitrogens with one attached hydrogen (secondary N) is 1. The number of rotatable bonds is 5. The van der Waals surface area contributed by atoms with Crippen molar-refractivity contribution in [2.45, 2.75) is 31.8 Å². The molecule has 1 amide bonds. The third-order valence-electron chi connectivity index (χ3n) is 4.72. The first-order chi connectivity index (χ1) is 13.1. The lowest BCUT2D eigenvalue weighted by Gasteiger charge is -2.31. The molecule has 1 aliphatic rings. The van der Waals surface area contributed by atoms with Crippen molar-refractivity contribution < 1.29 is 14.8 Å². The van der Waals surface area contributed by atoms with Crippen LogP contribution in [0.3, 0.4) is 0 Å². The lowest BCUT2D eigenvalue weighted by atomic mass is 10.0. The van der Waals surface area contributed by atoms with Gasteiger partial charge in [-0.3, -0.25) is 19.9 Å². The predicted octanol–water partition coefficient (Wildman–Crippen LogP) is 2.48. The predicted molar refractivity (Wildman–Crippen MR) is 99.4 cm³/mol. The maximum atomic E-state index is 13.2. The zero-order chi connectivity index (χ0) is 19.2. The maximum Gasteiger partial charge on any atom is 0.310 e. The first kappa shape index (κ1) is 18.8. The van der Waals surface area contributed by atoms with Crippen LogP contribution in [0.2, 0.25) is 0 Å². The quantitative estimate of drug-likeness (QED) is 0.618. The Kier molecular flexibility index (Phi) is 5.97. The van der Waals surface area contributed by atoms with E-state index >= 15 is 0 Å². The molecular weight excluding hydrogens is 348 g/mol. The van der Waals surface area contributed by atoms with E-state index in [-0.39, 0.29) is 17.5 Å². The van der Waals surface area contributed by atoms with E-state index in [1.54, 1.807) is 11.1 Å². The molecule has 0 radical (unpaired) electrons. The lowest BCUT2D eigenvalue weighted by Crippen LogP contribution is -2.40. The molecule has 0 bridgehead atoms. The highest BCUT2D eigenvalue weighted by molar-refractivity contribution is 5.95. The molecule has 8 nitrogen and oxygen atoms in total. The van der Waals surface area contributed by atoms with Crippen LogP contribution in [-0.2, 0) is 6.54 Å². The van der Waals surface area contributed by atoms with Gasteiger partial charge in [-0.05, 0) is 56.6 Å². The van der Waals surface area contributed by atoms with Crippen molar-refractivity contribution in [3.8, 4) is 5.75 Å². The zero-order valence-corrected chi connectivity index (χ0v) is 14.9. The number of pyridine rings is 1. The van der Waals surface area contributed by atoms with Gasteiger partial charge < -0.3 is 15.3 Å². The first-order valence-corrected chi connectivity index (χ1v) is 8.95. The summed E-state index contributed by atoms with van der Waals surface area (Å²) in [5.41, 5.74) is 0.585. The fourth-order valence-corrected chi connectivity index (χ4v) is 3.32. The number of benzene rings is 1. The second-order valence-corrected chi connectivity index (χ2v) is 6.55. The van der Waals surface area contributed by atoms with Crippen LogP contribution < -0.4 is 5.32 Å². The van der Waals surface area contributed by atoms with Crippen LogP contribution in [-0.4, -0.2) is 45.0 Å². The van der Waals surface area contributed by atoms with Gasteiger partial charge in [0.25, 0.3) is 5.91 Å². The number of amides is 1. The third-order valence-corrected chi connectivity index (χ3v) is 4.72. The third kappa shape index (κ3) is 4.59. The van der Waals surface area contributed by atoms with Crippen LogP contribution in [0.5, 0.6) is 5.75 Å². The molecule has 142 valence electrons. The molecule has 1 atom stereocenters. The van der Waals surface area contributed by atoms with Crippen LogP contribution in [0, 0.1) is 10.1 Å². The molecule has 1 aromatic heterocycles. The van der Waals surface area contributed by atoms with Gasteiger partial charge in [0.2, 0.25) is 0 Å². The largest absolute Gasteiger partial charge is 0.502 e. The standard InChI is InChI=1S/C19H22N4O4/c24-18-12-14(6-7-17(18)23(26)27)19(25)22(13-15-4-1-2-10-21-15)16-5-3-9-20-11-8-16/h1-2,4,6-7,10,12,16,20,24H,3,5,8-9,11,13H2. The highest BCUT2D eigenvalue weighted by atomic mass is 16.6. The summed E-state index contributed by atoms with van der Waals surface area (Å²) >= 11 is 0.